The molecule has 4 rings (SSSR count). The highest BCUT2D eigenvalue weighted by atomic mass is 19.1. The lowest BCUT2D eigenvalue weighted by Gasteiger charge is -2.09. The summed E-state index contributed by atoms with van der Waals surface area (Å²) >= 11 is 0. The van der Waals surface area contributed by atoms with Gasteiger partial charge in [0.1, 0.15) is 17.4 Å². The van der Waals surface area contributed by atoms with Gasteiger partial charge in [0, 0.05) is 24.0 Å². The number of nitriles is 1. The van der Waals surface area contributed by atoms with Gasteiger partial charge in [0.05, 0.1) is 23.7 Å². The average Bonchev–Trinajstić information content (AvgIpc) is 3.03. The Bertz CT molecular complexity index is 1140. The van der Waals surface area contributed by atoms with Crippen LogP contribution >= 0.6 is 0 Å². The molecule has 4 aromatic rings. The van der Waals surface area contributed by atoms with E-state index in [0.29, 0.717) is 17.0 Å². The molecule has 0 bridgehead atoms. The van der Waals surface area contributed by atoms with Crippen molar-refractivity contribution in [3.05, 3.63) is 47.4 Å². The van der Waals surface area contributed by atoms with Crippen LogP contribution < -0.4 is 4.74 Å². The summed E-state index contributed by atoms with van der Waals surface area (Å²) in [6, 6.07) is 9.25. The van der Waals surface area contributed by atoms with Crippen LogP contribution in [-0.2, 0) is 7.05 Å². The molecular weight excluding hydrogens is 293 g/mol. The van der Waals surface area contributed by atoms with E-state index in [4.69, 9.17) is 4.74 Å². The fourth-order valence-electron chi connectivity index (χ4n) is 3.43. The van der Waals surface area contributed by atoms with E-state index in [9.17, 15) is 9.65 Å². The van der Waals surface area contributed by atoms with Crippen LogP contribution in [0.5, 0.6) is 5.88 Å². The number of hydrogen-bond acceptors (Lipinski definition) is 2. The summed E-state index contributed by atoms with van der Waals surface area (Å²) in [5, 5.41) is 11.2. The molecule has 5 heteroatoms. The third-order valence-electron chi connectivity index (χ3n) is 4.46. The van der Waals surface area contributed by atoms with Crippen molar-refractivity contribution in [1.82, 2.24) is 8.97 Å². The number of rotatable bonds is 1. The molecule has 0 spiro atoms. The first-order valence-corrected chi connectivity index (χ1v) is 7.23. The summed E-state index contributed by atoms with van der Waals surface area (Å²) in [7, 11) is 3.40. The summed E-state index contributed by atoms with van der Waals surface area (Å²) < 4.78 is 23.4. The van der Waals surface area contributed by atoms with E-state index in [1.807, 2.05) is 41.3 Å². The lowest BCUT2D eigenvalue weighted by molar-refractivity contribution is 0.391. The highest BCUT2D eigenvalue weighted by Gasteiger charge is 2.20. The van der Waals surface area contributed by atoms with Gasteiger partial charge in [-0.2, -0.15) is 5.26 Å². The molecule has 114 valence electrons. The number of pyridine rings is 1. The molecule has 0 unspecified atom stereocenters. The quantitative estimate of drug-likeness (QED) is 0.535. The number of aromatic nitrogens is 2. The Labute approximate surface area is 131 Å². The second-order valence-corrected chi connectivity index (χ2v) is 5.66. The zero-order valence-electron chi connectivity index (χ0n) is 13.0. The fourth-order valence-corrected chi connectivity index (χ4v) is 3.43. The predicted octanol–water partition coefficient (Wildman–Crippen LogP) is 3.91. The van der Waals surface area contributed by atoms with Gasteiger partial charge in [-0.05, 0) is 24.6 Å². The molecule has 1 aromatic carbocycles. The Balaban J connectivity index is 2.32. The first kappa shape index (κ1) is 13.6. The molecule has 0 aliphatic rings. The normalized spacial score (nSPS) is 11.4. The smallest absolute Gasteiger partial charge is 0.216 e. The highest BCUT2D eigenvalue weighted by molar-refractivity contribution is 6.16. The molecule has 4 nitrogen and oxygen atoms in total. The molecule has 0 N–H and O–H groups in total. The molecule has 3 aromatic heterocycles. The Hall–Kier alpha value is -3.00. The van der Waals surface area contributed by atoms with E-state index < -0.39 is 0 Å². The zero-order chi connectivity index (χ0) is 16.3. The van der Waals surface area contributed by atoms with Gasteiger partial charge in [-0.15, -0.1) is 0 Å². The summed E-state index contributed by atoms with van der Waals surface area (Å²) in [5.41, 5.74) is 3.74. The number of benzene rings is 1. The maximum absolute atomic E-state index is 14.2. The van der Waals surface area contributed by atoms with E-state index in [0.717, 1.165) is 27.4 Å². The second-order valence-electron chi connectivity index (χ2n) is 5.66. The SMILES string of the molecule is COc1c(C#N)c(C)cc2c3c4cccc(F)c4n(C)c3cn12. The number of nitrogens with zero attached hydrogens (tertiary/aromatic N) is 3. The van der Waals surface area contributed by atoms with Crippen LogP contribution in [0.4, 0.5) is 4.39 Å². The fraction of sp³-hybridized carbons (Fsp3) is 0.167. The Morgan fingerprint density at radius 2 is 2.04 bits per heavy atom. The molecular formula is C18H14FN3O. The zero-order valence-corrected chi connectivity index (χ0v) is 13.0. The maximum Gasteiger partial charge on any atom is 0.216 e. The molecule has 0 aliphatic heterocycles. The lowest BCUT2D eigenvalue weighted by atomic mass is 10.1. The minimum absolute atomic E-state index is 0.239. The number of ether oxygens (including phenoxy) is 1. The minimum atomic E-state index is -0.239. The van der Waals surface area contributed by atoms with Crippen LogP contribution in [0.1, 0.15) is 11.1 Å². The monoisotopic (exact) mass is 307 g/mol. The van der Waals surface area contributed by atoms with Gasteiger partial charge in [-0.3, -0.25) is 4.40 Å². The van der Waals surface area contributed by atoms with Crippen molar-refractivity contribution < 1.29 is 9.13 Å². The van der Waals surface area contributed by atoms with E-state index in [1.54, 1.807) is 13.2 Å². The molecule has 3 heterocycles. The van der Waals surface area contributed by atoms with Gasteiger partial charge in [-0.25, -0.2) is 4.39 Å². The molecule has 0 amide bonds. The average molecular weight is 307 g/mol. The van der Waals surface area contributed by atoms with Crippen molar-refractivity contribution >= 4 is 27.3 Å². The van der Waals surface area contributed by atoms with Crippen LogP contribution in [0.2, 0.25) is 0 Å². The molecule has 0 atom stereocenters. The molecule has 0 radical (unpaired) electrons. The van der Waals surface area contributed by atoms with Crippen molar-refractivity contribution in [3.63, 3.8) is 0 Å². The second kappa shape index (κ2) is 4.50. The first-order valence-electron chi connectivity index (χ1n) is 7.23. The van der Waals surface area contributed by atoms with Crippen LogP contribution in [0.3, 0.4) is 0 Å². The van der Waals surface area contributed by atoms with Gasteiger partial charge < -0.3 is 9.30 Å². The van der Waals surface area contributed by atoms with Crippen LogP contribution in [-0.4, -0.2) is 16.1 Å². The first-order chi connectivity index (χ1) is 11.1. The number of fused-ring (bicyclic) bond motifs is 5. The summed E-state index contributed by atoms with van der Waals surface area (Å²) in [6.07, 6.45) is 1.89. The molecule has 0 saturated carbocycles. The third-order valence-corrected chi connectivity index (χ3v) is 4.46. The van der Waals surface area contributed by atoms with Crippen molar-refractivity contribution in [3.8, 4) is 11.9 Å². The molecule has 23 heavy (non-hydrogen) atoms. The van der Waals surface area contributed by atoms with E-state index >= 15 is 0 Å². The summed E-state index contributed by atoms with van der Waals surface area (Å²) in [4.78, 5) is 0. The lowest BCUT2D eigenvalue weighted by Crippen LogP contribution is -1.99. The van der Waals surface area contributed by atoms with Crippen LogP contribution in [0, 0.1) is 24.1 Å². The molecule has 0 fully saturated rings. The van der Waals surface area contributed by atoms with Gasteiger partial charge in [0.25, 0.3) is 0 Å². The number of halogens is 1. The highest BCUT2D eigenvalue weighted by Crippen LogP contribution is 2.37. The van der Waals surface area contributed by atoms with E-state index in [-0.39, 0.29) is 5.82 Å². The van der Waals surface area contributed by atoms with Gasteiger partial charge in [-0.1, -0.05) is 12.1 Å². The standard InChI is InChI=1S/C18H14FN3O/c1-10-7-14-16-11-5-4-6-13(19)17(11)21(2)15(16)9-22(14)18(23-3)12(10)8-20/h4-7,9H,1-3H3. The maximum atomic E-state index is 14.2. The number of para-hydroxylation sites is 1. The van der Waals surface area contributed by atoms with E-state index in [1.165, 1.54) is 6.07 Å². The number of hydrogen-bond donors (Lipinski definition) is 0. The van der Waals surface area contributed by atoms with Crippen molar-refractivity contribution in [2.75, 3.05) is 7.11 Å². The summed E-state index contributed by atoms with van der Waals surface area (Å²) in [6.45, 7) is 1.88. The Morgan fingerprint density at radius 1 is 1.26 bits per heavy atom. The Kier molecular flexibility index (Phi) is 2.67. The number of methoxy groups -OCH3 is 1. The van der Waals surface area contributed by atoms with Gasteiger partial charge >= 0.3 is 0 Å². The Morgan fingerprint density at radius 3 is 2.74 bits per heavy atom. The summed E-state index contributed by atoms with van der Waals surface area (Å²) in [5.74, 6) is 0.264. The molecule has 0 aliphatic carbocycles. The van der Waals surface area contributed by atoms with Crippen LogP contribution in [0.15, 0.2) is 30.5 Å². The van der Waals surface area contributed by atoms with Crippen molar-refractivity contribution in [2.45, 2.75) is 6.92 Å². The topological polar surface area (TPSA) is 42.4 Å². The van der Waals surface area contributed by atoms with Crippen molar-refractivity contribution in [2.24, 2.45) is 7.05 Å². The van der Waals surface area contributed by atoms with Crippen molar-refractivity contribution in [1.29, 1.82) is 5.26 Å². The van der Waals surface area contributed by atoms with Gasteiger partial charge in [0.2, 0.25) is 5.88 Å². The minimum Gasteiger partial charge on any atom is -0.481 e. The number of aryl methyl sites for hydroxylation is 2. The largest absolute Gasteiger partial charge is 0.481 e. The molecule has 0 saturated heterocycles. The third kappa shape index (κ3) is 1.58. The van der Waals surface area contributed by atoms with Crippen LogP contribution in [0.25, 0.3) is 27.3 Å². The predicted molar refractivity (Wildman–Crippen MR) is 87.3 cm³/mol. The van der Waals surface area contributed by atoms with E-state index in [2.05, 4.69) is 6.07 Å². The van der Waals surface area contributed by atoms with Gasteiger partial charge in [0.15, 0.2) is 0 Å².